The van der Waals surface area contributed by atoms with Crippen molar-refractivity contribution in [3.05, 3.63) is 65.7 Å². The molecule has 0 fully saturated rings. The topological polar surface area (TPSA) is 61.8 Å². The van der Waals surface area contributed by atoms with E-state index in [1.807, 2.05) is 0 Å². The quantitative estimate of drug-likeness (QED) is 0.0740. The zero-order chi connectivity index (χ0) is 29.1. The first-order valence-corrected chi connectivity index (χ1v) is 14.2. The maximum atomic E-state index is 12.4. The van der Waals surface area contributed by atoms with Crippen LogP contribution >= 0.6 is 0 Å². The highest BCUT2D eigenvalue weighted by Gasteiger charge is 2.25. The van der Waals surface area contributed by atoms with Crippen molar-refractivity contribution < 1.29 is 37.0 Å². The molecule has 8 heteroatoms. The summed E-state index contributed by atoms with van der Waals surface area (Å²) in [7, 11) is 0. The van der Waals surface area contributed by atoms with Crippen LogP contribution in [0.5, 0.6) is 11.5 Å². The summed E-state index contributed by atoms with van der Waals surface area (Å²) in [6.45, 7) is 2.80. The largest absolute Gasteiger partial charge is 0.494 e. The molecule has 5 nitrogen and oxygen atoms in total. The Balaban J connectivity index is 1.63. The zero-order valence-electron chi connectivity index (χ0n) is 23.3. The smallest absolute Gasteiger partial charge is 0.389 e. The molecule has 0 aliphatic rings. The van der Waals surface area contributed by atoms with Crippen LogP contribution in [0.25, 0.3) is 6.08 Å². The summed E-state index contributed by atoms with van der Waals surface area (Å²) >= 11 is 0. The number of carbonyl (C=O) groups is 2. The summed E-state index contributed by atoms with van der Waals surface area (Å²) in [5, 5.41) is 0. The van der Waals surface area contributed by atoms with Gasteiger partial charge in [-0.1, -0.05) is 70.4 Å². The van der Waals surface area contributed by atoms with E-state index in [-0.39, 0.29) is 25.4 Å². The van der Waals surface area contributed by atoms with Crippen molar-refractivity contribution >= 4 is 18.0 Å². The molecular weight excluding hydrogens is 521 g/mol. The molecular formula is C32H41F3O5. The molecule has 0 radical (unpaired) electrons. The van der Waals surface area contributed by atoms with Gasteiger partial charge in [-0.2, -0.15) is 13.2 Å². The lowest BCUT2D eigenvalue weighted by atomic mass is 10.1. The van der Waals surface area contributed by atoms with E-state index >= 15 is 0 Å². The Morgan fingerprint density at radius 2 is 1.30 bits per heavy atom. The fourth-order valence-electron chi connectivity index (χ4n) is 3.92. The Morgan fingerprint density at radius 1 is 0.725 bits per heavy atom. The fourth-order valence-corrected chi connectivity index (χ4v) is 3.92. The van der Waals surface area contributed by atoms with Crippen LogP contribution in [0.2, 0.25) is 0 Å². The molecule has 0 N–H and O–H groups in total. The minimum absolute atomic E-state index is 0.00593. The molecule has 0 atom stereocenters. The summed E-state index contributed by atoms with van der Waals surface area (Å²) in [6.07, 6.45) is 9.19. The van der Waals surface area contributed by atoms with Gasteiger partial charge in [-0.15, -0.1) is 0 Å². The van der Waals surface area contributed by atoms with E-state index in [9.17, 15) is 22.8 Å². The standard InChI is InChI=1S/C32H41F3O5/c1-2-3-4-5-6-7-8-9-11-25-39-30(36)22-15-26-13-18-29(19-14-26)40-31(37)27-16-20-28(21-17-27)38-24-12-10-23-32(33,34)35/h13-22H,2-12,23-25H2,1H3. The summed E-state index contributed by atoms with van der Waals surface area (Å²) in [4.78, 5) is 24.4. The van der Waals surface area contributed by atoms with E-state index in [0.29, 0.717) is 23.7 Å². The van der Waals surface area contributed by atoms with Gasteiger partial charge in [0, 0.05) is 12.5 Å². The first-order chi connectivity index (χ1) is 19.3. The van der Waals surface area contributed by atoms with Crippen LogP contribution in [0, 0.1) is 0 Å². The van der Waals surface area contributed by atoms with E-state index in [2.05, 4.69) is 6.92 Å². The predicted molar refractivity (Wildman–Crippen MR) is 150 cm³/mol. The van der Waals surface area contributed by atoms with Crippen molar-refractivity contribution in [2.75, 3.05) is 13.2 Å². The van der Waals surface area contributed by atoms with Gasteiger partial charge in [-0.3, -0.25) is 0 Å². The van der Waals surface area contributed by atoms with Gasteiger partial charge in [0.2, 0.25) is 0 Å². The molecule has 0 bridgehead atoms. The lowest BCUT2D eigenvalue weighted by Gasteiger charge is -2.09. The van der Waals surface area contributed by atoms with Gasteiger partial charge in [0.15, 0.2) is 0 Å². The summed E-state index contributed by atoms with van der Waals surface area (Å²) in [5.41, 5.74) is 1.07. The van der Waals surface area contributed by atoms with Crippen molar-refractivity contribution in [2.24, 2.45) is 0 Å². The van der Waals surface area contributed by atoms with E-state index < -0.39 is 18.6 Å². The average Bonchev–Trinajstić information content (AvgIpc) is 2.93. The van der Waals surface area contributed by atoms with Crippen LogP contribution in [0.3, 0.4) is 0 Å². The van der Waals surface area contributed by atoms with Crippen molar-refractivity contribution in [3.63, 3.8) is 0 Å². The number of benzene rings is 2. The molecule has 0 saturated heterocycles. The normalized spacial score (nSPS) is 11.5. The molecule has 0 unspecified atom stereocenters. The van der Waals surface area contributed by atoms with Gasteiger partial charge in [0.1, 0.15) is 11.5 Å². The Kier molecular flexibility index (Phi) is 15.6. The van der Waals surface area contributed by atoms with Crippen molar-refractivity contribution in [3.8, 4) is 11.5 Å². The molecule has 2 aromatic rings. The van der Waals surface area contributed by atoms with Gasteiger partial charge >= 0.3 is 18.1 Å². The summed E-state index contributed by atoms with van der Waals surface area (Å²) in [6, 6.07) is 12.9. The number of alkyl halides is 3. The van der Waals surface area contributed by atoms with Crippen LogP contribution in [-0.4, -0.2) is 31.3 Å². The molecule has 0 saturated carbocycles. The van der Waals surface area contributed by atoms with Crippen LogP contribution in [0.1, 0.15) is 99.9 Å². The maximum Gasteiger partial charge on any atom is 0.389 e. The molecule has 0 aliphatic heterocycles. The summed E-state index contributed by atoms with van der Waals surface area (Å²) in [5.74, 6) is -0.129. The van der Waals surface area contributed by atoms with Gasteiger partial charge < -0.3 is 14.2 Å². The third-order valence-corrected chi connectivity index (χ3v) is 6.21. The molecule has 0 aromatic heterocycles. The van der Waals surface area contributed by atoms with E-state index in [1.165, 1.54) is 63.2 Å². The third-order valence-electron chi connectivity index (χ3n) is 6.21. The van der Waals surface area contributed by atoms with Crippen molar-refractivity contribution in [2.45, 2.75) is 90.1 Å². The Labute approximate surface area is 235 Å². The highest BCUT2D eigenvalue weighted by atomic mass is 19.4. The fraction of sp³-hybridized carbons (Fsp3) is 0.500. The Bertz CT molecular complexity index is 1010. The molecule has 220 valence electrons. The zero-order valence-corrected chi connectivity index (χ0v) is 23.3. The van der Waals surface area contributed by atoms with E-state index in [4.69, 9.17) is 14.2 Å². The number of rotatable bonds is 19. The molecule has 0 spiro atoms. The number of carbonyl (C=O) groups excluding carboxylic acids is 2. The molecule has 0 amide bonds. The van der Waals surface area contributed by atoms with Crippen LogP contribution in [0.15, 0.2) is 54.6 Å². The number of halogens is 3. The van der Waals surface area contributed by atoms with Gasteiger partial charge in [0.05, 0.1) is 18.8 Å². The van der Waals surface area contributed by atoms with E-state index in [1.54, 1.807) is 42.5 Å². The number of unbranched alkanes of at least 4 members (excludes halogenated alkanes) is 9. The lowest BCUT2D eigenvalue weighted by molar-refractivity contribution is -0.138. The Morgan fingerprint density at radius 3 is 1.93 bits per heavy atom. The molecule has 0 heterocycles. The third kappa shape index (κ3) is 15.3. The first kappa shape index (κ1) is 32.9. The molecule has 2 aromatic carbocycles. The Hall–Kier alpha value is -3.29. The van der Waals surface area contributed by atoms with Gasteiger partial charge in [0.25, 0.3) is 0 Å². The number of hydrogen-bond donors (Lipinski definition) is 0. The molecule has 0 aliphatic carbocycles. The van der Waals surface area contributed by atoms with Crippen LogP contribution in [0.4, 0.5) is 13.2 Å². The highest BCUT2D eigenvalue weighted by molar-refractivity contribution is 5.91. The minimum Gasteiger partial charge on any atom is -0.494 e. The lowest BCUT2D eigenvalue weighted by Crippen LogP contribution is -2.09. The second kappa shape index (κ2) is 18.9. The number of ether oxygens (including phenoxy) is 3. The number of esters is 2. The van der Waals surface area contributed by atoms with Crippen LogP contribution < -0.4 is 9.47 Å². The van der Waals surface area contributed by atoms with Crippen molar-refractivity contribution in [1.29, 1.82) is 0 Å². The van der Waals surface area contributed by atoms with Crippen molar-refractivity contribution in [1.82, 2.24) is 0 Å². The SMILES string of the molecule is CCCCCCCCCCCOC(=O)C=Cc1ccc(OC(=O)c2ccc(OCCCCC(F)(F)F)cc2)cc1. The second-order valence-electron chi connectivity index (χ2n) is 9.73. The van der Waals surface area contributed by atoms with E-state index in [0.717, 1.165) is 18.4 Å². The second-order valence-corrected chi connectivity index (χ2v) is 9.73. The highest BCUT2D eigenvalue weighted by Crippen LogP contribution is 2.22. The molecule has 40 heavy (non-hydrogen) atoms. The summed E-state index contributed by atoms with van der Waals surface area (Å²) < 4.78 is 52.6. The number of hydrogen-bond acceptors (Lipinski definition) is 5. The van der Waals surface area contributed by atoms with Crippen LogP contribution in [-0.2, 0) is 9.53 Å². The van der Waals surface area contributed by atoms with Gasteiger partial charge in [-0.05, 0) is 67.3 Å². The minimum atomic E-state index is -4.15. The first-order valence-electron chi connectivity index (χ1n) is 14.2. The monoisotopic (exact) mass is 562 g/mol. The molecule has 2 rings (SSSR count). The maximum absolute atomic E-state index is 12.4. The predicted octanol–water partition coefficient (Wildman–Crippen LogP) is 9.10. The average molecular weight is 563 g/mol. The van der Waals surface area contributed by atoms with Gasteiger partial charge in [-0.25, -0.2) is 9.59 Å².